The van der Waals surface area contributed by atoms with Gasteiger partial charge in [0.25, 0.3) is 0 Å². The number of benzene rings is 1. The van der Waals surface area contributed by atoms with Crippen LogP contribution in [-0.4, -0.2) is 45.7 Å². The van der Waals surface area contributed by atoms with E-state index in [0.717, 1.165) is 18.4 Å². The van der Waals surface area contributed by atoms with E-state index in [1.54, 1.807) is 30.3 Å². The zero-order valence-corrected chi connectivity index (χ0v) is 16.6. The van der Waals surface area contributed by atoms with Crippen molar-refractivity contribution in [1.82, 2.24) is 4.90 Å². The minimum atomic E-state index is -0.945. The second-order valence-electron chi connectivity index (χ2n) is 7.21. The molecular weight excluding hydrogens is 354 g/mol. The van der Waals surface area contributed by atoms with Gasteiger partial charge in [0, 0.05) is 25.8 Å². The molecule has 2 N–H and O–H groups in total. The van der Waals surface area contributed by atoms with Crippen LogP contribution in [0.25, 0.3) is 0 Å². The van der Waals surface area contributed by atoms with Crippen molar-refractivity contribution < 1.29 is 19.8 Å². The predicted molar refractivity (Wildman–Crippen MR) is 109 cm³/mol. The Morgan fingerprint density at radius 1 is 1.32 bits per heavy atom. The fourth-order valence-electron chi connectivity index (χ4n) is 3.22. The summed E-state index contributed by atoms with van der Waals surface area (Å²) >= 11 is 0. The second-order valence-corrected chi connectivity index (χ2v) is 7.21. The number of hydrogen-bond acceptors (Lipinski definition) is 3. The largest absolute Gasteiger partial charge is 0.478 e. The first-order valence-corrected chi connectivity index (χ1v) is 9.86. The van der Waals surface area contributed by atoms with Crippen LogP contribution in [0.3, 0.4) is 0 Å². The van der Waals surface area contributed by atoms with E-state index in [0.29, 0.717) is 25.8 Å². The van der Waals surface area contributed by atoms with Gasteiger partial charge in [0.15, 0.2) is 0 Å². The quantitative estimate of drug-likeness (QED) is 0.533. The normalized spacial score (nSPS) is 18.8. The van der Waals surface area contributed by atoms with Gasteiger partial charge in [-0.3, -0.25) is 4.79 Å². The molecule has 3 atom stereocenters. The lowest BCUT2D eigenvalue weighted by Gasteiger charge is -2.23. The summed E-state index contributed by atoms with van der Waals surface area (Å²) in [5.41, 5.74) is 1.25. The molecule has 1 fully saturated rings. The molecule has 28 heavy (non-hydrogen) atoms. The van der Waals surface area contributed by atoms with E-state index < -0.39 is 12.1 Å². The molecule has 5 heteroatoms. The van der Waals surface area contributed by atoms with Gasteiger partial charge in [0.2, 0.25) is 5.91 Å². The fraction of sp³-hybridized carbons (Fsp3) is 0.478. The van der Waals surface area contributed by atoms with Gasteiger partial charge in [0.05, 0.1) is 17.7 Å². The number of carboxylic acids is 1. The lowest BCUT2D eigenvalue weighted by Crippen LogP contribution is -2.34. The van der Waals surface area contributed by atoms with Gasteiger partial charge < -0.3 is 15.1 Å². The summed E-state index contributed by atoms with van der Waals surface area (Å²) in [7, 11) is 0. The maximum Gasteiger partial charge on any atom is 0.335 e. The zero-order valence-electron chi connectivity index (χ0n) is 16.6. The highest BCUT2D eigenvalue weighted by Gasteiger charge is 2.28. The first-order chi connectivity index (χ1) is 13.4. The molecule has 1 aliphatic heterocycles. The van der Waals surface area contributed by atoms with Crippen molar-refractivity contribution >= 4 is 11.9 Å². The summed E-state index contributed by atoms with van der Waals surface area (Å²) in [6.07, 6.45) is 6.55. The molecule has 150 valence electrons. The van der Waals surface area contributed by atoms with E-state index in [1.807, 2.05) is 24.8 Å². The van der Waals surface area contributed by atoms with Crippen LogP contribution in [0.1, 0.15) is 55.5 Å². The van der Waals surface area contributed by atoms with E-state index in [4.69, 9.17) is 5.11 Å². The highest BCUT2D eigenvalue weighted by molar-refractivity contribution is 5.87. The van der Waals surface area contributed by atoms with Gasteiger partial charge >= 0.3 is 5.97 Å². The Morgan fingerprint density at radius 3 is 2.68 bits per heavy atom. The molecule has 1 heterocycles. The van der Waals surface area contributed by atoms with Crippen LogP contribution in [0.4, 0.5) is 0 Å². The van der Waals surface area contributed by atoms with Crippen molar-refractivity contribution in [2.24, 2.45) is 5.92 Å². The smallest absolute Gasteiger partial charge is 0.335 e. The van der Waals surface area contributed by atoms with Crippen LogP contribution >= 0.6 is 0 Å². The zero-order chi connectivity index (χ0) is 20.5. The molecule has 0 bridgehead atoms. The van der Waals surface area contributed by atoms with Crippen molar-refractivity contribution in [3.63, 3.8) is 0 Å². The molecule has 1 aromatic carbocycles. The Morgan fingerprint density at radius 2 is 2.04 bits per heavy atom. The SMILES string of the molecule is CCC#CC[C@H](C)[C@@H](O)/C=C/[C@H]1CCC(=O)N1CCc1ccc(C(=O)O)cc1. The summed E-state index contributed by atoms with van der Waals surface area (Å²) in [4.78, 5) is 25.0. The molecule has 2 rings (SSSR count). The Balaban J connectivity index is 1.92. The highest BCUT2D eigenvalue weighted by Crippen LogP contribution is 2.21. The molecule has 0 aromatic heterocycles. The standard InChI is InChI=1S/C23H29NO4/c1-3-4-5-6-17(2)21(25)13-11-20-12-14-22(26)24(20)16-15-18-7-9-19(10-8-18)23(27)28/h7-11,13,17,20-21,25H,3,6,12,14-16H2,1-2H3,(H,27,28)/b13-11+/t17-,20-,21-/m0/s1. The number of carbonyl (C=O) groups excluding carboxylic acids is 1. The molecule has 0 aliphatic carbocycles. The van der Waals surface area contributed by atoms with E-state index in [1.165, 1.54) is 0 Å². The van der Waals surface area contributed by atoms with Crippen LogP contribution in [0, 0.1) is 17.8 Å². The summed E-state index contributed by atoms with van der Waals surface area (Å²) in [5.74, 6) is 5.30. The third kappa shape index (κ3) is 6.24. The molecule has 1 aliphatic rings. The van der Waals surface area contributed by atoms with Gasteiger partial charge in [-0.05, 0) is 36.5 Å². The number of aromatic carboxylic acids is 1. The number of aliphatic hydroxyl groups excluding tert-OH is 1. The topological polar surface area (TPSA) is 77.8 Å². The Labute approximate surface area is 167 Å². The number of carbonyl (C=O) groups is 2. The number of hydrogen-bond donors (Lipinski definition) is 2. The number of rotatable bonds is 8. The molecule has 1 saturated heterocycles. The van der Waals surface area contributed by atoms with Crippen LogP contribution < -0.4 is 0 Å². The number of carboxylic acid groups (broad SMARTS) is 1. The second kappa shape index (κ2) is 10.7. The number of nitrogens with zero attached hydrogens (tertiary/aromatic N) is 1. The van der Waals surface area contributed by atoms with Crippen molar-refractivity contribution in [1.29, 1.82) is 0 Å². The van der Waals surface area contributed by atoms with E-state index in [9.17, 15) is 14.7 Å². The number of likely N-dealkylation sites (tertiary alicyclic amines) is 1. The lowest BCUT2D eigenvalue weighted by atomic mass is 10.00. The summed E-state index contributed by atoms with van der Waals surface area (Å²) in [6.45, 7) is 4.55. The molecule has 1 amide bonds. The molecular formula is C23H29NO4. The van der Waals surface area contributed by atoms with E-state index >= 15 is 0 Å². The van der Waals surface area contributed by atoms with Crippen LogP contribution in [0.15, 0.2) is 36.4 Å². The highest BCUT2D eigenvalue weighted by atomic mass is 16.4. The predicted octanol–water partition coefficient (Wildman–Crippen LogP) is 3.28. The van der Waals surface area contributed by atoms with E-state index in [-0.39, 0.29) is 23.4 Å². The maximum absolute atomic E-state index is 12.2. The third-order valence-corrected chi connectivity index (χ3v) is 5.06. The molecule has 1 aromatic rings. The van der Waals surface area contributed by atoms with Gasteiger partial charge in [-0.25, -0.2) is 4.79 Å². The van der Waals surface area contributed by atoms with Crippen molar-refractivity contribution in [3.05, 3.63) is 47.5 Å². The summed E-state index contributed by atoms with van der Waals surface area (Å²) in [5, 5.41) is 19.3. The maximum atomic E-state index is 12.2. The van der Waals surface area contributed by atoms with Crippen LogP contribution in [-0.2, 0) is 11.2 Å². The minimum absolute atomic E-state index is 0.00521. The average Bonchev–Trinajstić information content (AvgIpc) is 3.04. The van der Waals surface area contributed by atoms with E-state index in [2.05, 4.69) is 11.8 Å². The van der Waals surface area contributed by atoms with Gasteiger partial charge in [-0.1, -0.05) is 38.1 Å². The molecule has 0 unspecified atom stereocenters. The number of amides is 1. The van der Waals surface area contributed by atoms with Crippen molar-refractivity contribution in [2.75, 3.05) is 6.54 Å². The van der Waals surface area contributed by atoms with Crippen LogP contribution in [0.2, 0.25) is 0 Å². The minimum Gasteiger partial charge on any atom is -0.478 e. The molecule has 5 nitrogen and oxygen atoms in total. The molecule has 0 spiro atoms. The van der Waals surface area contributed by atoms with Crippen molar-refractivity contribution in [3.8, 4) is 11.8 Å². The number of aliphatic hydroxyl groups is 1. The molecule has 0 radical (unpaired) electrons. The fourth-order valence-corrected chi connectivity index (χ4v) is 3.22. The molecule has 0 saturated carbocycles. The average molecular weight is 383 g/mol. The van der Waals surface area contributed by atoms with Gasteiger partial charge in [0.1, 0.15) is 0 Å². The third-order valence-electron chi connectivity index (χ3n) is 5.06. The lowest BCUT2D eigenvalue weighted by molar-refractivity contribution is -0.128. The summed E-state index contributed by atoms with van der Waals surface area (Å²) < 4.78 is 0. The van der Waals surface area contributed by atoms with Crippen LogP contribution in [0.5, 0.6) is 0 Å². The van der Waals surface area contributed by atoms with Crippen molar-refractivity contribution in [2.45, 2.75) is 58.1 Å². The monoisotopic (exact) mass is 383 g/mol. The first kappa shape index (κ1) is 21.7. The Hall–Kier alpha value is -2.58. The first-order valence-electron chi connectivity index (χ1n) is 9.86. The Bertz CT molecular complexity index is 757. The van der Waals surface area contributed by atoms with Gasteiger partial charge in [-0.15, -0.1) is 11.8 Å². The van der Waals surface area contributed by atoms with Gasteiger partial charge in [-0.2, -0.15) is 0 Å². The summed E-state index contributed by atoms with van der Waals surface area (Å²) in [6, 6.07) is 6.74. The Kier molecular flexibility index (Phi) is 8.28.